The number of amides is 1. The van der Waals surface area contributed by atoms with Gasteiger partial charge in [-0.3, -0.25) is 4.79 Å². The standard InChI is InChI=1S/C17H18N4O2/c1-10-4-7-16(23-3)13(8-10)11(2)18-17(22)12-5-6-14-15(9-12)20-21-19-14/h4-9,11H,1-3H3,(H,18,22)(H,19,20,21)/t11-/m0/s1. The monoisotopic (exact) mass is 310 g/mol. The summed E-state index contributed by atoms with van der Waals surface area (Å²) >= 11 is 0. The smallest absolute Gasteiger partial charge is 0.251 e. The molecule has 6 heteroatoms. The maximum absolute atomic E-state index is 12.5. The van der Waals surface area contributed by atoms with Gasteiger partial charge in [-0.25, -0.2) is 0 Å². The Morgan fingerprint density at radius 1 is 1.17 bits per heavy atom. The van der Waals surface area contributed by atoms with Gasteiger partial charge in [0, 0.05) is 11.1 Å². The van der Waals surface area contributed by atoms with Crippen molar-refractivity contribution in [3.8, 4) is 5.75 Å². The number of aryl methyl sites for hydroxylation is 1. The lowest BCUT2D eigenvalue weighted by Crippen LogP contribution is -2.27. The number of carbonyl (C=O) groups is 1. The number of aromatic nitrogens is 3. The van der Waals surface area contributed by atoms with E-state index in [1.54, 1.807) is 25.3 Å². The van der Waals surface area contributed by atoms with Crippen LogP contribution in [0.2, 0.25) is 0 Å². The maximum atomic E-state index is 12.5. The van der Waals surface area contributed by atoms with Gasteiger partial charge in [-0.1, -0.05) is 17.7 Å². The summed E-state index contributed by atoms with van der Waals surface area (Å²) in [7, 11) is 1.63. The number of methoxy groups -OCH3 is 1. The van der Waals surface area contributed by atoms with Crippen LogP contribution < -0.4 is 10.1 Å². The van der Waals surface area contributed by atoms with Gasteiger partial charge in [0.2, 0.25) is 0 Å². The molecular formula is C17H18N4O2. The van der Waals surface area contributed by atoms with Crippen LogP contribution in [0, 0.1) is 6.92 Å². The SMILES string of the molecule is COc1ccc(C)cc1[C@H](C)NC(=O)c1ccc2n[nH]nc2c1. The molecule has 0 aliphatic carbocycles. The minimum absolute atomic E-state index is 0.161. The van der Waals surface area contributed by atoms with Gasteiger partial charge in [0.1, 0.15) is 16.8 Å². The van der Waals surface area contributed by atoms with Crippen molar-refractivity contribution in [1.29, 1.82) is 0 Å². The molecule has 6 nitrogen and oxygen atoms in total. The van der Waals surface area contributed by atoms with Gasteiger partial charge in [0.05, 0.1) is 13.2 Å². The Hall–Kier alpha value is -2.89. The Morgan fingerprint density at radius 3 is 2.74 bits per heavy atom. The van der Waals surface area contributed by atoms with E-state index in [0.717, 1.165) is 22.4 Å². The summed E-state index contributed by atoms with van der Waals surface area (Å²) in [5.41, 5.74) is 4.01. The Balaban J connectivity index is 1.83. The van der Waals surface area contributed by atoms with E-state index >= 15 is 0 Å². The first-order valence-corrected chi connectivity index (χ1v) is 7.34. The molecule has 1 amide bonds. The highest BCUT2D eigenvalue weighted by atomic mass is 16.5. The number of hydrogen-bond donors (Lipinski definition) is 2. The predicted molar refractivity (Wildman–Crippen MR) is 87.5 cm³/mol. The Bertz CT molecular complexity index is 857. The van der Waals surface area contributed by atoms with Crippen molar-refractivity contribution in [3.63, 3.8) is 0 Å². The lowest BCUT2D eigenvalue weighted by atomic mass is 10.0. The highest BCUT2D eigenvalue weighted by Crippen LogP contribution is 2.26. The molecule has 0 saturated carbocycles. The number of H-pyrrole nitrogens is 1. The van der Waals surface area contributed by atoms with Crippen molar-refractivity contribution >= 4 is 16.9 Å². The number of carbonyl (C=O) groups excluding carboxylic acids is 1. The minimum Gasteiger partial charge on any atom is -0.496 e. The zero-order valence-electron chi connectivity index (χ0n) is 13.3. The topological polar surface area (TPSA) is 79.9 Å². The van der Waals surface area contributed by atoms with E-state index in [9.17, 15) is 4.79 Å². The summed E-state index contributed by atoms with van der Waals surface area (Å²) in [6.45, 7) is 3.94. The molecule has 0 spiro atoms. The molecule has 0 saturated heterocycles. The molecule has 2 aromatic carbocycles. The van der Waals surface area contributed by atoms with E-state index < -0.39 is 0 Å². The van der Waals surface area contributed by atoms with Gasteiger partial charge in [-0.15, -0.1) is 0 Å². The molecule has 0 fully saturated rings. The van der Waals surface area contributed by atoms with Crippen molar-refractivity contribution < 1.29 is 9.53 Å². The van der Waals surface area contributed by atoms with E-state index in [2.05, 4.69) is 20.7 Å². The van der Waals surface area contributed by atoms with Crippen LogP contribution in [0.3, 0.4) is 0 Å². The lowest BCUT2D eigenvalue weighted by Gasteiger charge is -2.18. The number of benzene rings is 2. The molecular weight excluding hydrogens is 292 g/mol. The van der Waals surface area contributed by atoms with Crippen LogP contribution in [0.25, 0.3) is 11.0 Å². The molecule has 0 unspecified atom stereocenters. The van der Waals surface area contributed by atoms with Crippen LogP contribution in [0.15, 0.2) is 36.4 Å². The van der Waals surface area contributed by atoms with Gasteiger partial charge in [0.25, 0.3) is 5.91 Å². The number of rotatable bonds is 4. The largest absolute Gasteiger partial charge is 0.496 e. The zero-order chi connectivity index (χ0) is 16.4. The first-order valence-electron chi connectivity index (χ1n) is 7.34. The van der Waals surface area contributed by atoms with E-state index in [0.29, 0.717) is 11.1 Å². The number of hydrogen-bond acceptors (Lipinski definition) is 4. The summed E-state index contributed by atoms with van der Waals surface area (Å²) in [6, 6.07) is 11.0. The predicted octanol–water partition coefficient (Wildman–Crippen LogP) is 2.77. The van der Waals surface area contributed by atoms with Crippen molar-refractivity contribution in [1.82, 2.24) is 20.7 Å². The number of fused-ring (bicyclic) bond motifs is 1. The molecule has 0 aliphatic rings. The van der Waals surface area contributed by atoms with Crippen LogP contribution in [0.1, 0.15) is 34.5 Å². The Morgan fingerprint density at radius 2 is 1.96 bits per heavy atom. The normalized spacial score (nSPS) is 12.1. The molecule has 3 rings (SSSR count). The lowest BCUT2D eigenvalue weighted by molar-refractivity contribution is 0.0939. The maximum Gasteiger partial charge on any atom is 0.251 e. The highest BCUT2D eigenvalue weighted by molar-refractivity contribution is 5.97. The molecule has 1 heterocycles. The summed E-state index contributed by atoms with van der Waals surface area (Å²) in [6.07, 6.45) is 0. The molecule has 3 aromatic rings. The molecule has 23 heavy (non-hydrogen) atoms. The number of aromatic amines is 1. The minimum atomic E-state index is -0.176. The fourth-order valence-electron chi connectivity index (χ4n) is 2.53. The van der Waals surface area contributed by atoms with Crippen LogP contribution >= 0.6 is 0 Å². The molecule has 1 aromatic heterocycles. The van der Waals surface area contributed by atoms with Gasteiger partial charge in [-0.2, -0.15) is 15.4 Å². The van der Waals surface area contributed by atoms with E-state index in [-0.39, 0.29) is 11.9 Å². The average Bonchev–Trinajstić information content (AvgIpc) is 3.02. The molecule has 118 valence electrons. The second-order valence-corrected chi connectivity index (χ2v) is 5.47. The van der Waals surface area contributed by atoms with Crippen LogP contribution in [-0.2, 0) is 0 Å². The second-order valence-electron chi connectivity index (χ2n) is 5.47. The second kappa shape index (κ2) is 6.08. The first-order chi connectivity index (χ1) is 11.1. The fraction of sp³-hybridized carbons (Fsp3) is 0.235. The summed E-state index contributed by atoms with van der Waals surface area (Å²) in [5, 5.41) is 13.5. The van der Waals surface area contributed by atoms with Crippen LogP contribution in [0.5, 0.6) is 5.75 Å². The van der Waals surface area contributed by atoms with Crippen molar-refractivity contribution in [2.24, 2.45) is 0 Å². The number of ether oxygens (including phenoxy) is 1. The van der Waals surface area contributed by atoms with Crippen molar-refractivity contribution in [3.05, 3.63) is 53.1 Å². The molecule has 2 N–H and O–H groups in total. The van der Waals surface area contributed by atoms with Crippen LogP contribution in [-0.4, -0.2) is 28.4 Å². The summed E-state index contributed by atoms with van der Waals surface area (Å²) in [4.78, 5) is 12.5. The van der Waals surface area contributed by atoms with E-state index in [4.69, 9.17) is 4.74 Å². The van der Waals surface area contributed by atoms with Gasteiger partial charge >= 0.3 is 0 Å². The van der Waals surface area contributed by atoms with E-state index in [1.807, 2.05) is 32.0 Å². The van der Waals surface area contributed by atoms with Gasteiger partial charge in [0.15, 0.2) is 0 Å². The van der Waals surface area contributed by atoms with Gasteiger partial charge in [-0.05, 0) is 38.1 Å². The molecule has 1 atom stereocenters. The summed E-state index contributed by atoms with van der Waals surface area (Å²) in [5.74, 6) is 0.598. The Labute approximate surface area is 133 Å². The molecule has 0 aliphatic heterocycles. The number of nitrogens with zero attached hydrogens (tertiary/aromatic N) is 2. The third-order valence-electron chi connectivity index (χ3n) is 3.78. The molecule has 0 bridgehead atoms. The quantitative estimate of drug-likeness (QED) is 0.776. The zero-order valence-corrected chi connectivity index (χ0v) is 13.3. The van der Waals surface area contributed by atoms with Gasteiger partial charge < -0.3 is 10.1 Å². The Kier molecular flexibility index (Phi) is 3.97. The summed E-state index contributed by atoms with van der Waals surface area (Å²) < 4.78 is 5.38. The van der Waals surface area contributed by atoms with Crippen LogP contribution in [0.4, 0.5) is 0 Å². The number of nitrogens with one attached hydrogen (secondary N) is 2. The van der Waals surface area contributed by atoms with Crippen molar-refractivity contribution in [2.75, 3.05) is 7.11 Å². The average molecular weight is 310 g/mol. The highest BCUT2D eigenvalue weighted by Gasteiger charge is 2.16. The third-order valence-corrected chi connectivity index (χ3v) is 3.78. The van der Waals surface area contributed by atoms with Crippen molar-refractivity contribution in [2.45, 2.75) is 19.9 Å². The fourth-order valence-corrected chi connectivity index (χ4v) is 2.53. The van der Waals surface area contributed by atoms with E-state index in [1.165, 1.54) is 0 Å². The molecule has 0 radical (unpaired) electrons. The first kappa shape index (κ1) is 15.0. The third kappa shape index (κ3) is 3.01.